The third kappa shape index (κ3) is 5.45. The van der Waals surface area contributed by atoms with E-state index in [9.17, 15) is 14.4 Å². The van der Waals surface area contributed by atoms with Crippen molar-refractivity contribution in [3.63, 3.8) is 0 Å². The number of likely N-dealkylation sites (N-methyl/N-ethyl adjacent to an activating group) is 1. The first kappa shape index (κ1) is 26.3. The Morgan fingerprint density at radius 2 is 1.61 bits per heavy atom. The number of nitrogens with zero attached hydrogens (tertiary/aromatic N) is 2. The highest BCUT2D eigenvalue weighted by molar-refractivity contribution is 6.02. The fraction of sp³-hybridized carbons (Fsp3) is 0.667. The molecule has 0 N–H and O–H groups in total. The van der Waals surface area contributed by atoms with Crippen molar-refractivity contribution < 1.29 is 33.3 Å². The van der Waals surface area contributed by atoms with Gasteiger partial charge in [0.25, 0.3) is 5.91 Å². The predicted octanol–water partition coefficient (Wildman–Crippen LogP) is 4.48. The quantitative estimate of drug-likeness (QED) is 0.305. The first-order valence-electron chi connectivity index (χ1n) is 13.1. The van der Waals surface area contributed by atoms with E-state index in [0.29, 0.717) is 29.9 Å². The summed E-state index contributed by atoms with van der Waals surface area (Å²) in [5, 5.41) is 0. The number of unbranched alkanes of at least 4 members (excludes halogenated alkanes) is 6. The second kappa shape index (κ2) is 11.5. The normalized spacial score (nSPS) is 21.0. The number of rotatable bonds is 12. The Morgan fingerprint density at radius 3 is 2.22 bits per heavy atom. The minimum atomic E-state index is -0.917. The summed E-state index contributed by atoms with van der Waals surface area (Å²) in [5.41, 5.74) is 0.469. The van der Waals surface area contributed by atoms with E-state index in [0.717, 1.165) is 55.8 Å². The number of carbonyl (C=O) groups excluding carboxylic acids is 3. The van der Waals surface area contributed by atoms with Gasteiger partial charge in [0.05, 0.1) is 14.2 Å². The van der Waals surface area contributed by atoms with Crippen LogP contribution in [-0.4, -0.2) is 74.3 Å². The van der Waals surface area contributed by atoms with Crippen LogP contribution in [-0.2, 0) is 14.3 Å². The number of carbonyl (C=O) groups is 3. The lowest BCUT2D eigenvalue weighted by Gasteiger charge is -2.35. The van der Waals surface area contributed by atoms with Gasteiger partial charge in [0, 0.05) is 44.6 Å². The van der Waals surface area contributed by atoms with E-state index >= 15 is 0 Å². The smallest absolute Gasteiger partial charge is 0.417 e. The lowest BCUT2D eigenvalue weighted by Crippen LogP contribution is -2.49. The van der Waals surface area contributed by atoms with Crippen LogP contribution in [0.2, 0.25) is 0 Å². The van der Waals surface area contributed by atoms with Crippen LogP contribution < -0.4 is 9.47 Å². The van der Waals surface area contributed by atoms with Crippen molar-refractivity contribution in [1.29, 1.82) is 0 Å². The molecule has 0 unspecified atom stereocenters. The van der Waals surface area contributed by atoms with E-state index in [-0.39, 0.29) is 18.0 Å². The van der Waals surface area contributed by atoms with E-state index in [1.165, 1.54) is 32.7 Å². The number of benzene rings is 1. The van der Waals surface area contributed by atoms with Gasteiger partial charge in [-0.3, -0.25) is 4.79 Å². The van der Waals surface area contributed by atoms with Gasteiger partial charge < -0.3 is 23.8 Å². The molecule has 0 radical (unpaired) electrons. The number of hydrogen-bond donors (Lipinski definition) is 0. The Morgan fingerprint density at radius 1 is 0.944 bits per heavy atom. The molecule has 0 saturated carbocycles. The van der Waals surface area contributed by atoms with Crippen LogP contribution in [0.1, 0.15) is 86.2 Å². The molecule has 0 aliphatic carbocycles. The zero-order valence-corrected chi connectivity index (χ0v) is 21.7. The first-order valence-corrected chi connectivity index (χ1v) is 13.1. The molecule has 1 aromatic rings. The highest BCUT2D eigenvalue weighted by Gasteiger charge is 2.53. The Hall–Kier alpha value is -2.81. The Labute approximate surface area is 213 Å². The van der Waals surface area contributed by atoms with Gasteiger partial charge in [-0.1, -0.05) is 32.1 Å². The molecule has 0 bridgehead atoms. The maximum Gasteiger partial charge on any atom is 0.417 e. The van der Waals surface area contributed by atoms with Crippen molar-refractivity contribution in [2.75, 3.05) is 40.9 Å². The fourth-order valence-electron chi connectivity index (χ4n) is 5.50. The first-order chi connectivity index (χ1) is 17.4. The second-order valence-electron chi connectivity index (χ2n) is 10.0. The maximum absolute atomic E-state index is 12.3. The summed E-state index contributed by atoms with van der Waals surface area (Å²) in [6.07, 6.45) is 9.23. The van der Waals surface area contributed by atoms with Gasteiger partial charge in [0.1, 0.15) is 23.2 Å². The Balaban J connectivity index is 1.07. The molecule has 9 heteroatoms. The molecular weight excluding hydrogens is 464 g/mol. The Kier molecular flexibility index (Phi) is 8.39. The monoisotopic (exact) mass is 502 g/mol. The van der Waals surface area contributed by atoms with Gasteiger partial charge in [0.2, 0.25) is 0 Å². The zero-order chi connectivity index (χ0) is 25.7. The van der Waals surface area contributed by atoms with Crippen molar-refractivity contribution in [3.05, 3.63) is 23.3 Å². The predicted molar refractivity (Wildman–Crippen MR) is 132 cm³/mol. The summed E-state index contributed by atoms with van der Waals surface area (Å²) >= 11 is 0. The molecule has 1 atom stereocenters. The van der Waals surface area contributed by atoms with E-state index in [1.54, 1.807) is 20.3 Å². The number of hydrogen-bond acceptors (Lipinski definition) is 8. The van der Waals surface area contributed by atoms with Crippen molar-refractivity contribution >= 4 is 18.0 Å². The van der Waals surface area contributed by atoms with Gasteiger partial charge in [-0.25, -0.2) is 14.5 Å². The Bertz CT molecular complexity index is 971. The molecule has 2 fully saturated rings. The number of imide groups is 1. The van der Waals surface area contributed by atoms with E-state index in [2.05, 4.69) is 4.90 Å². The minimum absolute atomic E-state index is 0.193. The molecule has 36 heavy (non-hydrogen) atoms. The van der Waals surface area contributed by atoms with Crippen LogP contribution in [0, 0.1) is 0 Å². The van der Waals surface area contributed by atoms with E-state index < -0.39 is 11.7 Å². The third-order valence-electron chi connectivity index (χ3n) is 7.72. The molecule has 0 aromatic heterocycles. The number of fused-ring (bicyclic) bond motifs is 1. The molecule has 3 aliphatic rings. The number of methoxy groups -OCH3 is 2. The summed E-state index contributed by atoms with van der Waals surface area (Å²) in [4.78, 5) is 39.8. The number of ether oxygens (including phenoxy) is 4. The van der Waals surface area contributed by atoms with Crippen LogP contribution in [0.25, 0.3) is 0 Å². The molecule has 4 rings (SSSR count). The number of esters is 1. The zero-order valence-electron chi connectivity index (χ0n) is 21.7. The minimum Gasteiger partial charge on any atom is -0.497 e. The largest absolute Gasteiger partial charge is 0.497 e. The van der Waals surface area contributed by atoms with Gasteiger partial charge in [0.15, 0.2) is 5.60 Å². The lowest BCUT2D eigenvalue weighted by atomic mass is 9.90. The molecule has 1 aromatic carbocycles. The number of amides is 2. The van der Waals surface area contributed by atoms with Gasteiger partial charge >= 0.3 is 12.1 Å². The van der Waals surface area contributed by atoms with Crippen LogP contribution in [0.5, 0.6) is 11.5 Å². The fourth-order valence-corrected chi connectivity index (χ4v) is 5.50. The maximum atomic E-state index is 12.3. The van der Waals surface area contributed by atoms with Crippen molar-refractivity contribution in [1.82, 2.24) is 9.80 Å². The summed E-state index contributed by atoms with van der Waals surface area (Å²) < 4.78 is 21.7. The molecular formula is C27H38N2O7. The average molecular weight is 503 g/mol. The number of cyclic esters (lactones) is 1. The molecule has 198 valence electrons. The van der Waals surface area contributed by atoms with Gasteiger partial charge in [-0.2, -0.15) is 0 Å². The van der Waals surface area contributed by atoms with Crippen molar-refractivity contribution in [3.8, 4) is 11.5 Å². The molecule has 2 amide bonds. The molecule has 1 spiro atoms. The molecule has 3 aliphatic heterocycles. The second-order valence-corrected chi connectivity index (χ2v) is 10.0. The number of likely N-dealkylation sites (tertiary alicyclic amines) is 1. The van der Waals surface area contributed by atoms with Gasteiger partial charge in [-0.15, -0.1) is 0 Å². The van der Waals surface area contributed by atoms with Crippen LogP contribution in [0.3, 0.4) is 0 Å². The third-order valence-corrected chi connectivity index (χ3v) is 7.72. The highest BCUT2D eigenvalue weighted by atomic mass is 16.6. The lowest BCUT2D eigenvalue weighted by molar-refractivity contribution is -0.139. The number of piperidine rings is 1. The SMILES string of the molecule is COc1cc(OC)c2c(c1)[C@@H](CCCCCCCCCN1CCC3(CC1)OC(=O)N(C)C3=O)OC2=O. The van der Waals surface area contributed by atoms with Crippen LogP contribution in [0.15, 0.2) is 12.1 Å². The summed E-state index contributed by atoms with van der Waals surface area (Å²) in [6.45, 7) is 2.60. The topological polar surface area (TPSA) is 94.6 Å². The van der Waals surface area contributed by atoms with Crippen molar-refractivity contribution in [2.24, 2.45) is 0 Å². The summed E-state index contributed by atoms with van der Waals surface area (Å²) in [5.74, 6) is 0.661. The summed E-state index contributed by atoms with van der Waals surface area (Å²) in [7, 11) is 4.64. The van der Waals surface area contributed by atoms with Crippen LogP contribution >= 0.6 is 0 Å². The van der Waals surface area contributed by atoms with E-state index in [1.807, 2.05) is 6.07 Å². The van der Waals surface area contributed by atoms with E-state index in [4.69, 9.17) is 18.9 Å². The molecule has 9 nitrogen and oxygen atoms in total. The average Bonchev–Trinajstić information content (AvgIpc) is 3.31. The molecule has 2 saturated heterocycles. The van der Waals surface area contributed by atoms with Crippen molar-refractivity contribution in [2.45, 2.75) is 75.9 Å². The highest BCUT2D eigenvalue weighted by Crippen LogP contribution is 2.41. The van der Waals surface area contributed by atoms with Gasteiger partial charge in [-0.05, 0) is 31.9 Å². The summed E-state index contributed by atoms with van der Waals surface area (Å²) in [6, 6.07) is 3.60. The standard InChI is InChI=1S/C27H38N2O7/c1-28-25(31)27(36-26(28)32)12-15-29(16-13-27)14-10-8-6-4-5-7-9-11-21-20-17-19(33-2)18-22(34-3)23(20)24(30)35-21/h17-18,21H,4-16H2,1-3H3/t21-/m1/s1. The molecule has 3 heterocycles. The van der Waals surface area contributed by atoms with Crippen LogP contribution in [0.4, 0.5) is 4.79 Å².